The van der Waals surface area contributed by atoms with Crippen molar-refractivity contribution in [1.82, 2.24) is 4.98 Å². The maximum Gasteiger partial charge on any atom is 0.433 e. The molecule has 19 heavy (non-hydrogen) atoms. The van der Waals surface area contributed by atoms with Gasteiger partial charge in [-0.15, -0.1) is 0 Å². The summed E-state index contributed by atoms with van der Waals surface area (Å²) in [6.45, 7) is 4.75. The monoisotopic (exact) mass is 280 g/mol. The molecule has 1 heterocycles. The zero-order valence-electron chi connectivity index (χ0n) is 10.4. The highest BCUT2D eigenvalue weighted by atomic mass is 19.4. The van der Waals surface area contributed by atoms with Crippen molar-refractivity contribution in [2.45, 2.75) is 32.5 Å². The van der Waals surface area contributed by atoms with Gasteiger partial charge in [-0.3, -0.25) is 5.32 Å². The lowest BCUT2D eigenvalue weighted by Crippen LogP contribution is -2.27. The summed E-state index contributed by atoms with van der Waals surface area (Å²) >= 11 is 0. The summed E-state index contributed by atoms with van der Waals surface area (Å²) in [6, 6.07) is 1.19. The largest absolute Gasteiger partial charge is 0.444 e. The van der Waals surface area contributed by atoms with Gasteiger partial charge in [-0.2, -0.15) is 17.6 Å². The summed E-state index contributed by atoms with van der Waals surface area (Å²) in [5, 5.41) is 2.01. The first kappa shape index (κ1) is 15.2. The van der Waals surface area contributed by atoms with Crippen molar-refractivity contribution in [3.05, 3.63) is 23.8 Å². The molecule has 1 amide bonds. The van der Waals surface area contributed by atoms with Gasteiger partial charge < -0.3 is 4.74 Å². The summed E-state index contributed by atoms with van der Waals surface area (Å²) < 4.78 is 54.9. The Balaban J connectivity index is 2.91. The standard InChI is InChI=1S/C11H12F4N2O2/c1-10(2,3)19-9(18)16-6-4-7(11(13,14)15)17-8(12)5-6/h4-5H,1-3H3,(H,16,17,18). The van der Waals surface area contributed by atoms with E-state index >= 15 is 0 Å². The first-order valence-corrected chi connectivity index (χ1v) is 5.22. The molecule has 0 fully saturated rings. The molecule has 1 aromatic heterocycles. The molecular formula is C11H12F4N2O2. The van der Waals surface area contributed by atoms with Gasteiger partial charge in [0.15, 0.2) is 0 Å². The average Bonchev–Trinajstić information content (AvgIpc) is 2.11. The molecular weight excluding hydrogens is 268 g/mol. The fraction of sp³-hybridized carbons (Fsp3) is 0.455. The predicted octanol–water partition coefficient (Wildman–Crippen LogP) is 3.59. The van der Waals surface area contributed by atoms with Gasteiger partial charge in [0.1, 0.15) is 11.3 Å². The second-order valence-corrected chi connectivity index (χ2v) is 4.69. The fourth-order valence-electron chi connectivity index (χ4n) is 1.14. The van der Waals surface area contributed by atoms with Gasteiger partial charge in [0, 0.05) is 6.07 Å². The number of alkyl halides is 3. The van der Waals surface area contributed by atoms with Gasteiger partial charge in [-0.1, -0.05) is 0 Å². The van der Waals surface area contributed by atoms with Gasteiger partial charge in [-0.25, -0.2) is 9.78 Å². The molecule has 0 aliphatic carbocycles. The number of carbonyl (C=O) groups excluding carboxylic acids is 1. The number of nitrogens with zero attached hydrogens (tertiary/aromatic N) is 1. The third-order valence-corrected chi connectivity index (χ3v) is 1.73. The molecule has 0 unspecified atom stereocenters. The number of pyridine rings is 1. The molecule has 1 rings (SSSR count). The van der Waals surface area contributed by atoms with Gasteiger partial charge in [-0.05, 0) is 26.8 Å². The Morgan fingerprint density at radius 3 is 2.32 bits per heavy atom. The van der Waals surface area contributed by atoms with Crippen molar-refractivity contribution in [3.8, 4) is 0 Å². The van der Waals surface area contributed by atoms with Crippen LogP contribution in [0.3, 0.4) is 0 Å². The number of hydrogen-bond acceptors (Lipinski definition) is 3. The number of hydrogen-bond donors (Lipinski definition) is 1. The van der Waals surface area contributed by atoms with Gasteiger partial charge >= 0.3 is 12.3 Å². The molecule has 1 aromatic rings. The lowest BCUT2D eigenvalue weighted by atomic mass is 10.2. The zero-order chi connectivity index (χ0) is 14.8. The average molecular weight is 280 g/mol. The van der Waals surface area contributed by atoms with Gasteiger partial charge in [0.05, 0.1) is 5.69 Å². The normalized spacial score (nSPS) is 12.2. The topological polar surface area (TPSA) is 51.2 Å². The van der Waals surface area contributed by atoms with Crippen LogP contribution in [0.15, 0.2) is 12.1 Å². The number of carbonyl (C=O) groups is 1. The van der Waals surface area contributed by atoms with Gasteiger partial charge in [0.2, 0.25) is 5.95 Å². The van der Waals surface area contributed by atoms with Crippen LogP contribution in [0.5, 0.6) is 0 Å². The van der Waals surface area contributed by atoms with Crippen molar-refractivity contribution in [2.24, 2.45) is 0 Å². The van der Waals surface area contributed by atoms with E-state index in [1.54, 1.807) is 20.8 Å². The van der Waals surface area contributed by atoms with E-state index in [9.17, 15) is 22.4 Å². The molecule has 0 spiro atoms. The van der Waals surface area contributed by atoms with Crippen molar-refractivity contribution in [2.75, 3.05) is 5.32 Å². The molecule has 106 valence electrons. The van der Waals surface area contributed by atoms with E-state index in [2.05, 4.69) is 4.98 Å². The highest BCUT2D eigenvalue weighted by Gasteiger charge is 2.33. The second-order valence-electron chi connectivity index (χ2n) is 4.69. The Kier molecular flexibility index (Phi) is 4.02. The summed E-state index contributed by atoms with van der Waals surface area (Å²) in [4.78, 5) is 14.0. The highest BCUT2D eigenvalue weighted by Crippen LogP contribution is 2.29. The third kappa shape index (κ3) is 5.11. The van der Waals surface area contributed by atoms with Crippen LogP contribution < -0.4 is 5.32 Å². The van der Waals surface area contributed by atoms with E-state index in [-0.39, 0.29) is 5.69 Å². The van der Waals surface area contributed by atoms with Crippen LogP contribution >= 0.6 is 0 Å². The second kappa shape index (κ2) is 5.02. The molecule has 0 aliphatic rings. The molecule has 0 saturated heterocycles. The van der Waals surface area contributed by atoms with Gasteiger partial charge in [0.25, 0.3) is 0 Å². The Morgan fingerprint density at radius 1 is 1.26 bits per heavy atom. The van der Waals surface area contributed by atoms with Crippen LogP contribution in [0.4, 0.5) is 28.0 Å². The smallest absolute Gasteiger partial charge is 0.433 e. The van der Waals surface area contributed by atoms with Crippen LogP contribution in [0.25, 0.3) is 0 Å². The Bertz CT molecular complexity index is 481. The minimum Gasteiger partial charge on any atom is -0.444 e. The summed E-state index contributed by atoms with van der Waals surface area (Å²) in [5.41, 5.74) is -2.63. The predicted molar refractivity (Wildman–Crippen MR) is 59.1 cm³/mol. The van der Waals surface area contributed by atoms with E-state index < -0.39 is 29.5 Å². The van der Waals surface area contributed by atoms with Crippen LogP contribution in [-0.2, 0) is 10.9 Å². The number of aromatic nitrogens is 1. The quantitative estimate of drug-likeness (QED) is 0.631. The van der Waals surface area contributed by atoms with Crippen LogP contribution in [0.2, 0.25) is 0 Å². The zero-order valence-corrected chi connectivity index (χ0v) is 10.4. The number of halogens is 4. The van der Waals surface area contributed by atoms with E-state index in [1.807, 2.05) is 5.32 Å². The highest BCUT2D eigenvalue weighted by molar-refractivity contribution is 5.84. The first-order chi connectivity index (χ1) is 8.47. The number of ether oxygens (including phenoxy) is 1. The summed E-state index contributed by atoms with van der Waals surface area (Å²) in [5.74, 6) is -1.35. The van der Waals surface area contributed by atoms with Crippen LogP contribution in [0, 0.1) is 5.95 Å². The molecule has 0 aliphatic heterocycles. The molecule has 4 nitrogen and oxygen atoms in total. The van der Waals surface area contributed by atoms with Crippen molar-refractivity contribution in [1.29, 1.82) is 0 Å². The van der Waals surface area contributed by atoms with Crippen molar-refractivity contribution < 1.29 is 27.1 Å². The molecule has 0 saturated carbocycles. The maximum atomic E-state index is 12.9. The van der Waals surface area contributed by atoms with Crippen LogP contribution in [-0.4, -0.2) is 16.7 Å². The molecule has 8 heteroatoms. The molecule has 1 N–H and O–H groups in total. The number of amides is 1. The SMILES string of the molecule is CC(C)(C)OC(=O)Nc1cc(F)nc(C(F)(F)F)c1. The van der Waals surface area contributed by atoms with E-state index in [4.69, 9.17) is 4.74 Å². The number of anilines is 1. The van der Waals surface area contributed by atoms with Crippen molar-refractivity contribution in [3.63, 3.8) is 0 Å². The minimum absolute atomic E-state index is 0.380. The number of rotatable bonds is 1. The Hall–Kier alpha value is -1.86. The van der Waals surface area contributed by atoms with E-state index in [0.29, 0.717) is 12.1 Å². The fourth-order valence-corrected chi connectivity index (χ4v) is 1.14. The Labute approximate surface area is 106 Å². The summed E-state index contributed by atoms with van der Waals surface area (Å²) in [7, 11) is 0. The molecule has 0 atom stereocenters. The molecule has 0 radical (unpaired) electrons. The Morgan fingerprint density at radius 2 is 1.84 bits per heavy atom. The minimum atomic E-state index is -4.80. The van der Waals surface area contributed by atoms with E-state index in [1.165, 1.54) is 0 Å². The number of nitrogens with one attached hydrogen (secondary N) is 1. The molecule has 0 bridgehead atoms. The lowest BCUT2D eigenvalue weighted by Gasteiger charge is -2.19. The van der Waals surface area contributed by atoms with Crippen LogP contribution in [0.1, 0.15) is 26.5 Å². The first-order valence-electron chi connectivity index (χ1n) is 5.22. The third-order valence-electron chi connectivity index (χ3n) is 1.73. The maximum absolute atomic E-state index is 12.9. The van der Waals surface area contributed by atoms with Crippen molar-refractivity contribution >= 4 is 11.8 Å². The van der Waals surface area contributed by atoms with E-state index in [0.717, 1.165) is 0 Å². The molecule has 0 aromatic carbocycles. The lowest BCUT2D eigenvalue weighted by molar-refractivity contribution is -0.141. The summed E-state index contributed by atoms with van der Waals surface area (Å²) in [6.07, 6.45) is -5.78.